The van der Waals surface area contributed by atoms with Crippen molar-refractivity contribution in [3.63, 3.8) is 0 Å². The van der Waals surface area contributed by atoms with Crippen molar-refractivity contribution in [2.45, 2.75) is 6.92 Å². The van der Waals surface area contributed by atoms with Gasteiger partial charge in [0, 0.05) is 0 Å². The summed E-state index contributed by atoms with van der Waals surface area (Å²) < 4.78 is 6.26. The number of hydrogen-bond acceptors (Lipinski definition) is 4. The standard InChI is InChI=1S/C14H12BrNO3/c1-3-6-18-13-5-4-10(8-12(13)15)7-11-9(2)16-19-14(11)17/h3-5,7-8H,1,6H2,2H3/b11-7-. The molecular formula is C14H12BrNO3. The number of hydrogen-bond donors (Lipinski definition) is 0. The summed E-state index contributed by atoms with van der Waals surface area (Å²) in [5, 5.41) is 3.63. The second-order valence-electron chi connectivity index (χ2n) is 3.90. The van der Waals surface area contributed by atoms with E-state index in [1.54, 1.807) is 19.1 Å². The third-order valence-electron chi connectivity index (χ3n) is 2.50. The molecule has 0 atom stereocenters. The van der Waals surface area contributed by atoms with Crippen molar-refractivity contribution in [3.05, 3.63) is 46.5 Å². The molecule has 0 spiro atoms. The minimum absolute atomic E-state index is 0.430. The van der Waals surface area contributed by atoms with Crippen LogP contribution in [0.5, 0.6) is 5.75 Å². The molecule has 0 saturated carbocycles. The molecule has 4 nitrogen and oxygen atoms in total. The van der Waals surface area contributed by atoms with Gasteiger partial charge < -0.3 is 9.57 Å². The number of carbonyl (C=O) groups is 1. The quantitative estimate of drug-likeness (QED) is 0.485. The van der Waals surface area contributed by atoms with Gasteiger partial charge in [-0.2, -0.15) is 0 Å². The van der Waals surface area contributed by atoms with Gasteiger partial charge >= 0.3 is 5.97 Å². The van der Waals surface area contributed by atoms with E-state index in [2.05, 4.69) is 32.5 Å². The predicted octanol–water partition coefficient (Wildman–Crippen LogP) is 3.33. The summed E-state index contributed by atoms with van der Waals surface area (Å²) in [5.41, 5.74) is 1.90. The Labute approximate surface area is 119 Å². The molecule has 0 aliphatic carbocycles. The van der Waals surface area contributed by atoms with Gasteiger partial charge in [-0.15, -0.1) is 0 Å². The average Bonchev–Trinajstić information content (AvgIpc) is 2.70. The van der Waals surface area contributed by atoms with E-state index in [1.165, 1.54) is 0 Å². The maximum atomic E-state index is 11.4. The Morgan fingerprint density at radius 1 is 1.53 bits per heavy atom. The lowest BCUT2D eigenvalue weighted by molar-refractivity contribution is -0.136. The van der Waals surface area contributed by atoms with Crippen molar-refractivity contribution in [3.8, 4) is 5.75 Å². The molecule has 2 rings (SSSR count). The fourth-order valence-electron chi connectivity index (χ4n) is 1.56. The Bertz CT molecular complexity index is 590. The molecule has 1 aromatic carbocycles. The molecule has 19 heavy (non-hydrogen) atoms. The van der Waals surface area contributed by atoms with Gasteiger partial charge in [-0.3, -0.25) is 0 Å². The Balaban J connectivity index is 2.25. The van der Waals surface area contributed by atoms with E-state index in [1.807, 2.05) is 18.2 Å². The van der Waals surface area contributed by atoms with Crippen molar-refractivity contribution < 1.29 is 14.4 Å². The SMILES string of the molecule is C=CCOc1ccc(/C=C2\C(=O)ON=C2C)cc1Br. The zero-order valence-electron chi connectivity index (χ0n) is 10.4. The van der Waals surface area contributed by atoms with E-state index in [4.69, 9.17) is 4.74 Å². The zero-order valence-corrected chi connectivity index (χ0v) is 11.9. The first-order valence-corrected chi connectivity index (χ1v) is 6.42. The number of nitrogens with zero attached hydrogens (tertiary/aromatic N) is 1. The Hall–Kier alpha value is -1.88. The number of halogens is 1. The fraction of sp³-hybridized carbons (Fsp3) is 0.143. The third kappa shape index (κ3) is 3.12. The minimum atomic E-state index is -0.430. The normalized spacial score (nSPS) is 16.2. The van der Waals surface area contributed by atoms with Gasteiger partial charge in [0.15, 0.2) is 0 Å². The molecule has 1 heterocycles. The highest BCUT2D eigenvalue weighted by atomic mass is 79.9. The van der Waals surface area contributed by atoms with Gasteiger partial charge in [0.1, 0.15) is 12.4 Å². The molecule has 0 bridgehead atoms. The Kier molecular flexibility index (Phi) is 4.16. The topological polar surface area (TPSA) is 47.9 Å². The number of benzene rings is 1. The van der Waals surface area contributed by atoms with Gasteiger partial charge in [-0.1, -0.05) is 23.9 Å². The van der Waals surface area contributed by atoms with Crippen LogP contribution in [0.2, 0.25) is 0 Å². The van der Waals surface area contributed by atoms with Crippen LogP contribution >= 0.6 is 15.9 Å². The van der Waals surface area contributed by atoms with E-state index in [-0.39, 0.29) is 0 Å². The molecule has 0 N–H and O–H groups in total. The molecule has 0 saturated heterocycles. The van der Waals surface area contributed by atoms with Gasteiger partial charge in [0.25, 0.3) is 0 Å². The lowest BCUT2D eigenvalue weighted by atomic mass is 10.1. The first-order chi connectivity index (χ1) is 9.11. The molecule has 98 valence electrons. The molecule has 0 aromatic heterocycles. The maximum absolute atomic E-state index is 11.4. The van der Waals surface area contributed by atoms with Crippen LogP contribution in [0.15, 0.2) is 46.1 Å². The van der Waals surface area contributed by atoms with Gasteiger partial charge in [0.05, 0.1) is 15.8 Å². The number of oxime groups is 1. The molecule has 1 aromatic rings. The van der Waals surface area contributed by atoms with E-state index in [9.17, 15) is 4.79 Å². The smallest absolute Gasteiger partial charge is 0.367 e. The Morgan fingerprint density at radius 3 is 2.89 bits per heavy atom. The summed E-state index contributed by atoms with van der Waals surface area (Å²) in [6, 6.07) is 5.55. The van der Waals surface area contributed by atoms with Crippen LogP contribution in [0.1, 0.15) is 12.5 Å². The van der Waals surface area contributed by atoms with Gasteiger partial charge in [-0.25, -0.2) is 4.79 Å². The monoisotopic (exact) mass is 321 g/mol. The summed E-state index contributed by atoms with van der Waals surface area (Å²) in [6.45, 7) is 5.76. The van der Waals surface area contributed by atoms with E-state index >= 15 is 0 Å². The molecule has 1 aliphatic rings. The first kappa shape index (κ1) is 13.5. The average molecular weight is 322 g/mol. The second-order valence-corrected chi connectivity index (χ2v) is 4.76. The highest BCUT2D eigenvalue weighted by Gasteiger charge is 2.21. The van der Waals surface area contributed by atoms with Crippen LogP contribution in [0.25, 0.3) is 6.08 Å². The van der Waals surface area contributed by atoms with Gasteiger partial charge in [-0.05, 0) is 46.6 Å². The largest absolute Gasteiger partial charge is 0.488 e. The third-order valence-corrected chi connectivity index (χ3v) is 3.12. The zero-order chi connectivity index (χ0) is 13.8. The Morgan fingerprint density at radius 2 is 2.32 bits per heavy atom. The van der Waals surface area contributed by atoms with Crippen LogP contribution < -0.4 is 4.74 Å². The highest BCUT2D eigenvalue weighted by Crippen LogP contribution is 2.27. The summed E-state index contributed by atoms with van der Waals surface area (Å²) in [7, 11) is 0. The van der Waals surface area contributed by atoms with Crippen LogP contribution in [0, 0.1) is 0 Å². The second kappa shape index (κ2) is 5.84. The number of ether oxygens (including phenoxy) is 1. The fourth-order valence-corrected chi connectivity index (χ4v) is 2.07. The number of rotatable bonds is 4. The van der Waals surface area contributed by atoms with E-state index in [0.29, 0.717) is 17.9 Å². The van der Waals surface area contributed by atoms with Crippen LogP contribution in [-0.2, 0) is 9.63 Å². The molecule has 1 aliphatic heterocycles. The van der Waals surface area contributed by atoms with Crippen molar-refractivity contribution >= 4 is 33.7 Å². The van der Waals surface area contributed by atoms with E-state index in [0.717, 1.165) is 15.8 Å². The summed E-state index contributed by atoms with van der Waals surface area (Å²) in [4.78, 5) is 16.0. The highest BCUT2D eigenvalue weighted by molar-refractivity contribution is 9.10. The molecule has 0 amide bonds. The molecule has 0 unspecified atom stereocenters. The first-order valence-electron chi connectivity index (χ1n) is 5.63. The summed E-state index contributed by atoms with van der Waals surface area (Å²) in [6.07, 6.45) is 3.41. The molecular weight excluding hydrogens is 310 g/mol. The van der Waals surface area contributed by atoms with E-state index < -0.39 is 5.97 Å². The van der Waals surface area contributed by atoms with Crippen molar-refractivity contribution in [2.75, 3.05) is 6.61 Å². The predicted molar refractivity (Wildman–Crippen MR) is 77.0 cm³/mol. The minimum Gasteiger partial charge on any atom is -0.488 e. The molecule has 5 heteroatoms. The van der Waals surface area contributed by atoms with Gasteiger partial charge in [0.2, 0.25) is 0 Å². The lowest BCUT2D eigenvalue weighted by Crippen LogP contribution is -2.01. The van der Waals surface area contributed by atoms with Crippen molar-refractivity contribution in [2.24, 2.45) is 5.16 Å². The van der Waals surface area contributed by atoms with Crippen molar-refractivity contribution in [1.29, 1.82) is 0 Å². The number of carbonyl (C=O) groups excluding carboxylic acids is 1. The lowest BCUT2D eigenvalue weighted by Gasteiger charge is -2.06. The molecule has 0 fully saturated rings. The summed E-state index contributed by atoms with van der Waals surface area (Å²) >= 11 is 3.42. The van der Waals surface area contributed by atoms with Crippen LogP contribution in [0.3, 0.4) is 0 Å². The van der Waals surface area contributed by atoms with Crippen molar-refractivity contribution in [1.82, 2.24) is 0 Å². The molecule has 0 radical (unpaired) electrons. The summed E-state index contributed by atoms with van der Waals surface area (Å²) in [5.74, 6) is 0.294. The van der Waals surface area contributed by atoms with Crippen LogP contribution in [-0.4, -0.2) is 18.3 Å². The maximum Gasteiger partial charge on any atom is 0.367 e. The van der Waals surface area contributed by atoms with Crippen LogP contribution in [0.4, 0.5) is 0 Å².